The van der Waals surface area contributed by atoms with Crippen LogP contribution in [0.4, 0.5) is 14.5 Å². The molecule has 0 aliphatic heterocycles. The summed E-state index contributed by atoms with van der Waals surface area (Å²) in [4.78, 5) is 35.5. The van der Waals surface area contributed by atoms with Crippen LogP contribution in [0.15, 0.2) is 42.5 Å². The molecular formula is C19H18F2N2O6. The van der Waals surface area contributed by atoms with E-state index in [1.54, 1.807) is 0 Å². The fourth-order valence-corrected chi connectivity index (χ4v) is 2.28. The number of hydrogen-bond donors (Lipinski definition) is 2. The molecule has 0 spiro atoms. The quantitative estimate of drug-likeness (QED) is 0.651. The second kappa shape index (κ2) is 10.0. The Morgan fingerprint density at radius 2 is 1.62 bits per heavy atom. The molecule has 0 radical (unpaired) electrons. The molecule has 0 heterocycles. The van der Waals surface area contributed by atoms with Crippen molar-refractivity contribution < 1.29 is 37.4 Å². The topological polar surface area (TPSA) is 103 Å². The van der Waals surface area contributed by atoms with Crippen LogP contribution in [0.3, 0.4) is 0 Å². The van der Waals surface area contributed by atoms with Crippen molar-refractivity contribution in [3.8, 4) is 11.5 Å². The van der Waals surface area contributed by atoms with Crippen molar-refractivity contribution in [3.05, 3.63) is 53.6 Å². The van der Waals surface area contributed by atoms with Gasteiger partial charge in [-0.1, -0.05) is 0 Å². The number of halogens is 2. The average molecular weight is 408 g/mol. The molecule has 8 nitrogen and oxygen atoms in total. The normalized spacial score (nSPS) is 10.2. The molecule has 0 aliphatic rings. The summed E-state index contributed by atoms with van der Waals surface area (Å²) in [6.45, 7) is -3.37. The van der Waals surface area contributed by atoms with Gasteiger partial charge in [0.15, 0.2) is 11.5 Å². The predicted octanol–water partition coefficient (Wildman–Crippen LogP) is 2.45. The number of rotatable bonds is 8. The van der Waals surface area contributed by atoms with Crippen LogP contribution in [-0.2, 0) is 9.53 Å². The molecule has 0 bridgehead atoms. The van der Waals surface area contributed by atoms with E-state index in [9.17, 15) is 23.2 Å². The van der Waals surface area contributed by atoms with Gasteiger partial charge >= 0.3 is 12.6 Å². The Hall–Kier alpha value is -3.69. The van der Waals surface area contributed by atoms with Gasteiger partial charge in [0.25, 0.3) is 5.91 Å². The Morgan fingerprint density at radius 3 is 2.21 bits per heavy atom. The number of ether oxygens (including phenoxy) is 3. The predicted molar refractivity (Wildman–Crippen MR) is 98.4 cm³/mol. The summed E-state index contributed by atoms with van der Waals surface area (Å²) in [5.41, 5.74) is 0.845. The molecule has 2 rings (SSSR count). The lowest BCUT2D eigenvalue weighted by atomic mass is 10.2. The van der Waals surface area contributed by atoms with E-state index in [-0.39, 0.29) is 23.6 Å². The van der Waals surface area contributed by atoms with Gasteiger partial charge in [0.1, 0.15) is 0 Å². The molecule has 10 heteroatoms. The Labute approximate surface area is 164 Å². The van der Waals surface area contributed by atoms with E-state index in [4.69, 9.17) is 4.74 Å². The average Bonchev–Trinajstić information content (AvgIpc) is 2.71. The van der Waals surface area contributed by atoms with Gasteiger partial charge in [0.05, 0.1) is 26.3 Å². The summed E-state index contributed by atoms with van der Waals surface area (Å²) in [6.07, 6.45) is 0. The highest BCUT2D eigenvalue weighted by atomic mass is 19.3. The molecule has 2 aromatic carbocycles. The highest BCUT2D eigenvalue weighted by Gasteiger charge is 2.15. The second-order valence-electron chi connectivity index (χ2n) is 5.54. The van der Waals surface area contributed by atoms with Crippen molar-refractivity contribution in [2.45, 2.75) is 6.61 Å². The van der Waals surface area contributed by atoms with E-state index in [2.05, 4.69) is 20.1 Å². The summed E-state index contributed by atoms with van der Waals surface area (Å²) in [7, 11) is 2.50. The number of hydrogen-bond acceptors (Lipinski definition) is 6. The molecule has 2 N–H and O–H groups in total. The van der Waals surface area contributed by atoms with Crippen LogP contribution >= 0.6 is 0 Å². The Morgan fingerprint density at radius 1 is 0.966 bits per heavy atom. The van der Waals surface area contributed by atoms with Gasteiger partial charge in [0, 0.05) is 11.3 Å². The first-order valence-electron chi connectivity index (χ1n) is 8.23. The summed E-state index contributed by atoms with van der Waals surface area (Å²) < 4.78 is 38.5. The minimum atomic E-state index is -3.03. The van der Waals surface area contributed by atoms with E-state index < -0.39 is 24.4 Å². The summed E-state index contributed by atoms with van der Waals surface area (Å²) in [5.74, 6) is -1.88. The summed E-state index contributed by atoms with van der Waals surface area (Å²) in [5, 5.41) is 4.95. The minimum absolute atomic E-state index is 0.0481. The smallest absolute Gasteiger partial charge is 0.387 e. The lowest BCUT2D eigenvalue weighted by Gasteiger charge is -2.11. The van der Waals surface area contributed by atoms with Crippen molar-refractivity contribution in [2.24, 2.45) is 0 Å². The van der Waals surface area contributed by atoms with E-state index in [0.29, 0.717) is 11.3 Å². The Kier molecular flexibility index (Phi) is 7.47. The lowest BCUT2D eigenvalue weighted by Crippen LogP contribution is -2.32. The first-order valence-corrected chi connectivity index (χ1v) is 8.23. The van der Waals surface area contributed by atoms with Gasteiger partial charge in [-0.15, -0.1) is 0 Å². The number of carbonyl (C=O) groups excluding carboxylic acids is 3. The van der Waals surface area contributed by atoms with Crippen molar-refractivity contribution in [1.29, 1.82) is 0 Å². The van der Waals surface area contributed by atoms with Crippen LogP contribution in [-0.4, -0.2) is 45.2 Å². The minimum Gasteiger partial charge on any atom is -0.493 e. The molecule has 29 heavy (non-hydrogen) atoms. The summed E-state index contributed by atoms with van der Waals surface area (Å²) >= 11 is 0. The first kappa shape index (κ1) is 21.6. The third-order valence-electron chi connectivity index (χ3n) is 3.64. The highest BCUT2D eigenvalue weighted by Crippen LogP contribution is 2.29. The molecule has 0 aliphatic carbocycles. The van der Waals surface area contributed by atoms with E-state index in [1.165, 1.54) is 56.7 Å². The fraction of sp³-hybridized carbons (Fsp3) is 0.211. The molecule has 0 unspecified atom stereocenters. The van der Waals surface area contributed by atoms with Crippen molar-refractivity contribution in [3.63, 3.8) is 0 Å². The number of carbonyl (C=O) groups is 3. The second-order valence-corrected chi connectivity index (χ2v) is 5.54. The maximum absolute atomic E-state index is 12.3. The Balaban J connectivity index is 1.92. The molecule has 2 amide bonds. The zero-order chi connectivity index (χ0) is 21.4. The molecule has 154 valence electrons. The fourth-order valence-electron chi connectivity index (χ4n) is 2.28. The van der Waals surface area contributed by atoms with Crippen LogP contribution < -0.4 is 20.1 Å². The van der Waals surface area contributed by atoms with Gasteiger partial charge in [-0.3, -0.25) is 9.59 Å². The lowest BCUT2D eigenvalue weighted by molar-refractivity contribution is -0.115. The standard InChI is InChI=1S/C19H18F2N2O6/c1-27-15-9-12(5-8-14(15)29-19(20)21)17(25)22-10-16(24)23-13-6-3-11(4-7-13)18(26)28-2/h3-9,19H,10H2,1-2H3,(H,22,25)(H,23,24). The molecule has 2 aromatic rings. The van der Waals surface area contributed by atoms with E-state index in [1.807, 2.05) is 0 Å². The molecule has 0 fully saturated rings. The van der Waals surface area contributed by atoms with Crippen LogP contribution in [0.25, 0.3) is 0 Å². The van der Waals surface area contributed by atoms with E-state index in [0.717, 1.165) is 0 Å². The van der Waals surface area contributed by atoms with Crippen LogP contribution in [0, 0.1) is 0 Å². The maximum Gasteiger partial charge on any atom is 0.387 e. The third kappa shape index (κ3) is 6.16. The van der Waals surface area contributed by atoms with E-state index >= 15 is 0 Å². The maximum atomic E-state index is 12.3. The Bertz CT molecular complexity index is 887. The summed E-state index contributed by atoms with van der Waals surface area (Å²) in [6, 6.07) is 9.64. The number of methoxy groups -OCH3 is 2. The van der Waals surface area contributed by atoms with Crippen LogP contribution in [0.1, 0.15) is 20.7 Å². The number of benzene rings is 2. The molecule has 0 saturated carbocycles. The first-order chi connectivity index (χ1) is 13.8. The van der Waals surface area contributed by atoms with Gasteiger partial charge in [-0.05, 0) is 42.5 Å². The van der Waals surface area contributed by atoms with Crippen molar-refractivity contribution in [1.82, 2.24) is 5.32 Å². The molecular weight excluding hydrogens is 390 g/mol. The number of anilines is 1. The number of nitrogens with one attached hydrogen (secondary N) is 2. The van der Waals surface area contributed by atoms with Crippen LogP contribution in [0.5, 0.6) is 11.5 Å². The van der Waals surface area contributed by atoms with Gasteiger partial charge in [-0.2, -0.15) is 8.78 Å². The zero-order valence-electron chi connectivity index (χ0n) is 15.5. The molecule has 0 saturated heterocycles. The third-order valence-corrected chi connectivity index (χ3v) is 3.64. The van der Waals surface area contributed by atoms with Crippen molar-refractivity contribution in [2.75, 3.05) is 26.1 Å². The largest absolute Gasteiger partial charge is 0.493 e. The highest BCUT2D eigenvalue weighted by molar-refractivity contribution is 6.00. The molecule has 0 aromatic heterocycles. The zero-order valence-corrected chi connectivity index (χ0v) is 15.5. The number of amides is 2. The van der Waals surface area contributed by atoms with Crippen molar-refractivity contribution >= 4 is 23.5 Å². The van der Waals surface area contributed by atoms with Gasteiger partial charge < -0.3 is 24.8 Å². The van der Waals surface area contributed by atoms with Gasteiger partial charge in [-0.25, -0.2) is 4.79 Å². The SMILES string of the molecule is COC(=O)c1ccc(NC(=O)CNC(=O)c2ccc(OC(F)F)c(OC)c2)cc1. The van der Waals surface area contributed by atoms with Crippen LogP contribution in [0.2, 0.25) is 0 Å². The number of esters is 1. The number of alkyl halides is 2. The molecule has 0 atom stereocenters. The van der Waals surface area contributed by atoms with Gasteiger partial charge in [0.2, 0.25) is 5.91 Å². The monoisotopic (exact) mass is 408 g/mol.